The van der Waals surface area contributed by atoms with Crippen molar-refractivity contribution in [1.82, 2.24) is 0 Å². The van der Waals surface area contributed by atoms with E-state index < -0.39 is 5.79 Å². The second-order valence-corrected chi connectivity index (χ2v) is 8.90. The van der Waals surface area contributed by atoms with Crippen LogP contribution in [0.5, 0.6) is 0 Å². The first-order valence-corrected chi connectivity index (χ1v) is 9.15. The largest absolute Gasteiger partial charge is 0.241 e. The van der Waals surface area contributed by atoms with Crippen LogP contribution in [0.3, 0.4) is 0 Å². The molecule has 0 amide bonds. The highest BCUT2D eigenvalue weighted by molar-refractivity contribution is 4.94. The van der Waals surface area contributed by atoms with E-state index in [0.29, 0.717) is 0 Å². The van der Waals surface area contributed by atoms with E-state index in [4.69, 9.17) is 19.6 Å². The van der Waals surface area contributed by atoms with Crippen LogP contribution in [0.2, 0.25) is 0 Å². The molecule has 23 heavy (non-hydrogen) atoms. The molecule has 0 radical (unpaired) electrons. The van der Waals surface area contributed by atoms with Crippen LogP contribution in [0.25, 0.3) is 0 Å². The Morgan fingerprint density at radius 3 is 1.70 bits per heavy atom. The first kappa shape index (κ1) is 20.9. The van der Waals surface area contributed by atoms with Gasteiger partial charge in [-0.25, -0.2) is 9.78 Å². The molecule has 0 N–H and O–H groups in total. The standard InChI is InChI=1S/C19H38O4/c1-10-17(6,7)20-22-19(23-21-18(8,9)11-2)15(3)13-12-14-16(19,4)5/h15H,10-14H2,1-9H3. The van der Waals surface area contributed by atoms with Crippen molar-refractivity contribution >= 4 is 0 Å². The molecule has 0 aromatic carbocycles. The zero-order chi connectivity index (χ0) is 17.9. The summed E-state index contributed by atoms with van der Waals surface area (Å²) in [5.41, 5.74) is -0.911. The Labute approximate surface area is 143 Å². The van der Waals surface area contributed by atoms with Gasteiger partial charge in [0.05, 0.1) is 11.2 Å². The SMILES string of the molecule is CCC(C)(C)OOC1(OOC(C)(C)CC)C(C)CCCC1(C)C. The summed E-state index contributed by atoms with van der Waals surface area (Å²) in [6, 6.07) is 0. The molecule has 4 heteroatoms. The van der Waals surface area contributed by atoms with Gasteiger partial charge in [0.2, 0.25) is 5.79 Å². The summed E-state index contributed by atoms with van der Waals surface area (Å²) in [6.45, 7) is 18.8. The lowest BCUT2D eigenvalue weighted by molar-refractivity contribution is -0.577. The smallest absolute Gasteiger partial charge is 0.228 e. The quantitative estimate of drug-likeness (QED) is 0.320. The third-order valence-electron chi connectivity index (χ3n) is 5.52. The molecule has 1 aliphatic carbocycles. The molecule has 0 aliphatic heterocycles. The van der Waals surface area contributed by atoms with Crippen LogP contribution in [-0.2, 0) is 19.6 Å². The molecule has 1 atom stereocenters. The van der Waals surface area contributed by atoms with Crippen LogP contribution < -0.4 is 0 Å². The van der Waals surface area contributed by atoms with Gasteiger partial charge in [0.15, 0.2) is 0 Å². The lowest BCUT2D eigenvalue weighted by Gasteiger charge is -2.51. The Hall–Kier alpha value is -0.160. The molecule has 0 spiro atoms. The first-order chi connectivity index (χ1) is 10.4. The molecule has 0 bridgehead atoms. The maximum Gasteiger partial charge on any atom is 0.241 e. The van der Waals surface area contributed by atoms with Gasteiger partial charge in [0, 0.05) is 11.3 Å². The van der Waals surface area contributed by atoms with E-state index in [1.54, 1.807) is 0 Å². The van der Waals surface area contributed by atoms with Crippen molar-refractivity contribution in [2.75, 3.05) is 0 Å². The first-order valence-electron chi connectivity index (χ1n) is 9.15. The van der Waals surface area contributed by atoms with Gasteiger partial charge in [0.1, 0.15) is 0 Å². The average molecular weight is 331 g/mol. The van der Waals surface area contributed by atoms with E-state index in [9.17, 15) is 0 Å². The Bertz CT molecular complexity index is 354. The molecule has 0 heterocycles. The summed E-state index contributed by atoms with van der Waals surface area (Å²) in [5, 5.41) is 0. The molecule has 1 unspecified atom stereocenters. The molecule has 0 aromatic rings. The maximum atomic E-state index is 6.05. The summed E-state index contributed by atoms with van der Waals surface area (Å²) in [5.74, 6) is -0.712. The molecule has 1 fully saturated rings. The zero-order valence-electron chi connectivity index (χ0n) is 16.7. The Balaban J connectivity index is 3.03. The van der Waals surface area contributed by atoms with Gasteiger partial charge >= 0.3 is 0 Å². The van der Waals surface area contributed by atoms with Crippen molar-refractivity contribution in [3.05, 3.63) is 0 Å². The predicted molar refractivity (Wildman–Crippen MR) is 92.6 cm³/mol. The van der Waals surface area contributed by atoms with E-state index in [1.165, 1.54) is 0 Å². The summed E-state index contributed by atoms with van der Waals surface area (Å²) in [6.07, 6.45) is 4.94. The molecule has 138 valence electrons. The van der Waals surface area contributed by atoms with E-state index in [1.807, 2.05) is 27.7 Å². The van der Waals surface area contributed by atoms with Gasteiger partial charge in [0.25, 0.3) is 0 Å². The Morgan fingerprint density at radius 1 is 0.913 bits per heavy atom. The minimum absolute atomic E-state index is 0.187. The predicted octanol–water partition coefficient (Wildman–Crippen LogP) is 5.80. The van der Waals surface area contributed by atoms with E-state index in [-0.39, 0.29) is 22.5 Å². The van der Waals surface area contributed by atoms with Crippen LogP contribution in [-0.4, -0.2) is 17.0 Å². The summed E-state index contributed by atoms with van der Waals surface area (Å²) < 4.78 is 0. The fourth-order valence-corrected chi connectivity index (χ4v) is 2.75. The van der Waals surface area contributed by atoms with Crippen molar-refractivity contribution < 1.29 is 19.6 Å². The zero-order valence-corrected chi connectivity index (χ0v) is 16.7. The van der Waals surface area contributed by atoms with Crippen LogP contribution in [0.15, 0.2) is 0 Å². The number of hydrogen-bond acceptors (Lipinski definition) is 4. The Kier molecular flexibility index (Phi) is 6.70. The van der Waals surface area contributed by atoms with Crippen molar-refractivity contribution in [1.29, 1.82) is 0 Å². The van der Waals surface area contributed by atoms with Crippen LogP contribution in [0.4, 0.5) is 0 Å². The maximum absolute atomic E-state index is 6.05. The highest BCUT2D eigenvalue weighted by Crippen LogP contribution is 2.51. The van der Waals surface area contributed by atoms with Crippen LogP contribution >= 0.6 is 0 Å². The van der Waals surface area contributed by atoms with E-state index in [0.717, 1.165) is 32.1 Å². The lowest BCUT2D eigenvalue weighted by atomic mass is 9.67. The van der Waals surface area contributed by atoms with Gasteiger partial charge in [-0.05, 0) is 53.4 Å². The molecule has 1 rings (SSSR count). The number of rotatable bonds is 8. The van der Waals surface area contributed by atoms with Crippen molar-refractivity contribution in [2.24, 2.45) is 11.3 Å². The van der Waals surface area contributed by atoms with Gasteiger partial charge < -0.3 is 0 Å². The second-order valence-electron chi connectivity index (χ2n) is 8.90. The van der Waals surface area contributed by atoms with Gasteiger partial charge in [-0.15, -0.1) is 0 Å². The summed E-state index contributed by atoms with van der Waals surface area (Å²) in [7, 11) is 0. The van der Waals surface area contributed by atoms with E-state index in [2.05, 4.69) is 34.6 Å². The van der Waals surface area contributed by atoms with Gasteiger partial charge in [-0.2, -0.15) is 9.78 Å². The third-order valence-corrected chi connectivity index (χ3v) is 5.52. The summed E-state index contributed by atoms with van der Waals surface area (Å²) >= 11 is 0. The molecule has 4 nitrogen and oxygen atoms in total. The van der Waals surface area contributed by atoms with Crippen molar-refractivity contribution in [2.45, 2.75) is 111 Å². The van der Waals surface area contributed by atoms with Gasteiger partial charge in [-0.3, -0.25) is 0 Å². The molecule has 0 saturated heterocycles. The Morgan fingerprint density at radius 2 is 1.35 bits per heavy atom. The fraction of sp³-hybridized carbons (Fsp3) is 1.00. The number of hydrogen-bond donors (Lipinski definition) is 0. The molecule has 1 saturated carbocycles. The molecule has 0 aromatic heterocycles. The monoisotopic (exact) mass is 330 g/mol. The topological polar surface area (TPSA) is 36.9 Å². The van der Waals surface area contributed by atoms with Crippen LogP contribution in [0.1, 0.15) is 94.4 Å². The lowest BCUT2D eigenvalue weighted by Crippen LogP contribution is -2.58. The van der Waals surface area contributed by atoms with Gasteiger partial charge in [-0.1, -0.05) is 41.0 Å². The average Bonchev–Trinajstić information content (AvgIpc) is 2.46. The molecular formula is C19H38O4. The fourth-order valence-electron chi connectivity index (χ4n) is 2.75. The second kappa shape index (κ2) is 7.38. The van der Waals surface area contributed by atoms with Crippen molar-refractivity contribution in [3.8, 4) is 0 Å². The molecular weight excluding hydrogens is 292 g/mol. The minimum atomic E-state index is -0.899. The third kappa shape index (κ3) is 4.91. The summed E-state index contributed by atoms with van der Waals surface area (Å²) in [4.78, 5) is 23.7. The molecule has 1 aliphatic rings. The highest BCUT2D eigenvalue weighted by Gasteiger charge is 2.57. The van der Waals surface area contributed by atoms with Crippen molar-refractivity contribution in [3.63, 3.8) is 0 Å². The van der Waals surface area contributed by atoms with E-state index >= 15 is 0 Å². The normalized spacial score (nSPS) is 24.7. The minimum Gasteiger partial charge on any atom is -0.228 e. The highest BCUT2D eigenvalue weighted by atomic mass is 17.3. The van der Waals surface area contributed by atoms with Crippen LogP contribution in [0, 0.1) is 11.3 Å².